The van der Waals surface area contributed by atoms with Gasteiger partial charge in [0.15, 0.2) is 0 Å². The number of hydrogen-bond donors (Lipinski definition) is 1. The van der Waals surface area contributed by atoms with Gasteiger partial charge >= 0.3 is 5.91 Å². The van der Waals surface area contributed by atoms with Crippen molar-refractivity contribution >= 4 is 52.1 Å². The van der Waals surface area contributed by atoms with Gasteiger partial charge in [0.25, 0.3) is 0 Å². The summed E-state index contributed by atoms with van der Waals surface area (Å²) >= 11 is 18.8. The zero-order valence-corrected chi connectivity index (χ0v) is 21.0. The van der Waals surface area contributed by atoms with Crippen LogP contribution in [0.15, 0.2) is 47.6 Å². The number of carbonyl (C=O) groups excluding carboxylic acids is 1. The van der Waals surface area contributed by atoms with Crippen LogP contribution >= 0.6 is 34.8 Å². The van der Waals surface area contributed by atoms with Crippen LogP contribution in [0.4, 0.5) is 5.69 Å². The number of anilines is 1. The molecule has 2 aliphatic heterocycles. The third-order valence-corrected chi connectivity index (χ3v) is 8.24. The summed E-state index contributed by atoms with van der Waals surface area (Å²) in [5.41, 5.74) is 5.54. The van der Waals surface area contributed by atoms with Crippen molar-refractivity contribution in [2.24, 2.45) is 22.9 Å². The molecule has 4 atom stereocenters. The minimum absolute atomic E-state index is 0.114. The molecule has 5 nitrogen and oxygen atoms in total. The van der Waals surface area contributed by atoms with Gasteiger partial charge in [-0.3, -0.25) is 9.80 Å². The predicted molar refractivity (Wildman–Crippen MR) is 135 cm³/mol. The number of nitrogens with zero attached hydrogens (tertiary/aromatic N) is 3. The average molecular weight is 507 g/mol. The number of likely N-dealkylation sites (tertiary alicyclic amines) is 1. The summed E-state index contributed by atoms with van der Waals surface area (Å²) < 4.78 is 0.577. The van der Waals surface area contributed by atoms with Crippen molar-refractivity contribution in [3.63, 3.8) is 0 Å². The van der Waals surface area contributed by atoms with E-state index >= 15 is 0 Å². The summed E-state index contributed by atoms with van der Waals surface area (Å²) in [5.74, 6) is 1.16. The first-order chi connectivity index (χ1) is 15.7. The van der Waals surface area contributed by atoms with Crippen molar-refractivity contribution < 1.29 is 9.39 Å². The van der Waals surface area contributed by atoms with Gasteiger partial charge in [-0.05, 0) is 48.7 Å². The molecule has 1 saturated carbocycles. The fourth-order valence-corrected chi connectivity index (χ4v) is 6.56. The molecule has 1 aliphatic carbocycles. The first-order valence-electron chi connectivity index (χ1n) is 11.5. The Bertz CT molecular complexity index is 1090. The van der Waals surface area contributed by atoms with Gasteiger partial charge in [0.05, 0.1) is 23.8 Å². The lowest BCUT2D eigenvalue weighted by Crippen LogP contribution is -2.58. The molecule has 0 spiro atoms. The summed E-state index contributed by atoms with van der Waals surface area (Å²) in [7, 11) is 2.13. The van der Waals surface area contributed by atoms with Crippen LogP contribution in [0.3, 0.4) is 0 Å². The quantitative estimate of drug-likeness (QED) is 0.509. The molecular weight excluding hydrogens is 479 g/mol. The smallest absolute Gasteiger partial charge is 0.263 e. The van der Waals surface area contributed by atoms with Crippen LogP contribution in [0.2, 0.25) is 15.1 Å². The van der Waals surface area contributed by atoms with E-state index in [4.69, 9.17) is 39.9 Å². The molecule has 2 unspecified atom stereocenters. The monoisotopic (exact) mass is 505 g/mol. The molecule has 8 heteroatoms. The lowest BCUT2D eigenvalue weighted by atomic mass is 9.91. The van der Waals surface area contributed by atoms with E-state index in [-0.39, 0.29) is 17.9 Å². The topological polar surface area (TPSA) is 44.7 Å². The number of amides is 1. The fourth-order valence-electron chi connectivity index (χ4n) is 5.94. The van der Waals surface area contributed by atoms with Crippen molar-refractivity contribution in [2.45, 2.75) is 32.2 Å². The van der Waals surface area contributed by atoms with E-state index in [9.17, 15) is 4.79 Å². The number of benzene rings is 2. The molecule has 3 aliphatic rings. The molecule has 2 aromatic rings. The number of halogens is 3. The van der Waals surface area contributed by atoms with Gasteiger partial charge in [0.1, 0.15) is 18.8 Å². The average Bonchev–Trinajstić information content (AvgIpc) is 3.40. The Hall–Kier alpha value is -1.79. The molecule has 2 heterocycles. The number of nitrogens with one attached hydrogen (secondary N) is 1. The van der Waals surface area contributed by atoms with E-state index in [1.165, 1.54) is 19.3 Å². The lowest BCUT2D eigenvalue weighted by Gasteiger charge is -2.30. The number of rotatable bonds is 4. The molecule has 33 heavy (non-hydrogen) atoms. The van der Waals surface area contributed by atoms with Crippen LogP contribution in [-0.4, -0.2) is 36.3 Å². The Morgan fingerprint density at radius 2 is 1.67 bits per heavy atom. The number of fused-ring (bicyclic) bond motifs is 1. The highest BCUT2D eigenvalue weighted by Gasteiger charge is 2.48. The first kappa shape index (κ1) is 23.0. The molecule has 1 amide bonds. The summed E-state index contributed by atoms with van der Waals surface area (Å²) in [4.78, 5) is 13.5. The highest BCUT2D eigenvalue weighted by molar-refractivity contribution is 6.40. The van der Waals surface area contributed by atoms with Gasteiger partial charge in [-0.25, -0.2) is 4.59 Å². The minimum Gasteiger partial charge on any atom is -0.263 e. The zero-order valence-electron chi connectivity index (χ0n) is 18.8. The molecular formula is C25H28Cl3N4O+. The molecule has 0 radical (unpaired) electrons. The van der Waals surface area contributed by atoms with Crippen molar-refractivity contribution in [3.8, 4) is 0 Å². The normalized spacial score (nSPS) is 28.0. The zero-order chi connectivity index (χ0) is 23.3. The third-order valence-electron chi connectivity index (χ3n) is 7.45. The second kappa shape index (κ2) is 8.77. The molecule has 1 N–H and O–H groups in total. The number of quaternary nitrogens is 1. The van der Waals surface area contributed by atoms with E-state index in [0.29, 0.717) is 42.9 Å². The molecule has 1 saturated heterocycles. The van der Waals surface area contributed by atoms with Gasteiger partial charge in [0.2, 0.25) is 0 Å². The highest BCUT2D eigenvalue weighted by atomic mass is 35.5. The van der Waals surface area contributed by atoms with Gasteiger partial charge in [-0.1, -0.05) is 60.3 Å². The predicted octanol–water partition coefficient (Wildman–Crippen LogP) is 6.11. The Kier molecular flexibility index (Phi) is 6.11. The summed E-state index contributed by atoms with van der Waals surface area (Å²) in [6, 6.07) is 12.8. The highest BCUT2D eigenvalue weighted by Crippen LogP contribution is 2.43. The SMILES string of the molecule is CC1C(C(=O)N[N+]2(C)C[C@H]3CCC[C@@H]3C2)=NN(c2ccc(Cl)cc2Cl)C1c1ccc(Cl)cc1. The van der Waals surface area contributed by atoms with Crippen molar-refractivity contribution in [2.75, 3.05) is 25.1 Å². The fraction of sp³-hybridized carbons (Fsp3) is 0.440. The van der Waals surface area contributed by atoms with Crippen molar-refractivity contribution in [3.05, 3.63) is 63.1 Å². The standard InChI is InChI=1S/C25H27Cl3N4O/c1-15-23(25(33)30-32(2)13-17-4-3-5-18(17)14-32)29-31(22-11-10-20(27)12-21(22)28)24(15)16-6-8-19(26)9-7-16/h6-12,15,17-18,24H,3-5,13-14H2,1-2H3/p+1/t15?,17-,18-,24?/m1/s1. The van der Waals surface area contributed by atoms with Crippen LogP contribution in [0.5, 0.6) is 0 Å². The Morgan fingerprint density at radius 1 is 1.03 bits per heavy atom. The van der Waals surface area contributed by atoms with Crippen LogP contribution in [-0.2, 0) is 4.79 Å². The molecule has 2 fully saturated rings. The maximum atomic E-state index is 13.5. The van der Waals surface area contributed by atoms with Gasteiger partial charge < -0.3 is 0 Å². The number of hydrazone groups is 1. The minimum atomic E-state index is -0.190. The van der Waals surface area contributed by atoms with E-state index < -0.39 is 0 Å². The van der Waals surface area contributed by atoms with Gasteiger partial charge in [-0.15, -0.1) is 0 Å². The second-order valence-corrected chi connectivity index (χ2v) is 11.1. The van der Waals surface area contributed by atoms with Crippen molar-refractivity contribution in [1.29, 1.82) is 0 Å². The molecule has 174 valence electrons. The van der Waals surface area contributed by atoms with Crippen molar-refractivity contribution in [1.82, 2.24) is 5.43 Å². The lowest BCUT2D eigenvalue weighted by molar-refractivity contribution is -0.934. The van der Waals surface area contributed by atoms with Gasteiger partial charge in [0, 0.05) is 27.8 Å². The third kappa shape index (κ3) is 4.37. The molecule has 5 rings (SSSR count). The first-order valence-corrected chi connectivity index (χ1v) is 12.6. The molecule has 0 aromatic heterocycles. The summed E-state index contributed by atoms with van der Waals surface area (Å²) in [6.07, 6.45) is 3.85. The van der Waals surface area contributed by atoms with Crippen LogP contribution in [0.25, 0.3) is 0 Å². The number of carbonyl (C=O) groups is 1. The number of hydrogen-bond acceptors (Lipinski definition) is 3. The maximum absolute atomic E-state index is 13.5. The summed E-state index contributed by atoms with van der Waals surface area (Å²) in [5, 5.41) is 8.38. The Morgan fingerprint density at radius 3 is 2.30 bits per heavy atom. The van der Waals surface area contributed by atoms with E-state index in [2.05, 4.69) is 12.5 Å². The Labute approximate surface area is 209 Å². The molecule has 0 bridgehead atoms. The maximum Gasteiger partial charge on any atom is 0.312 e. The van der Waals surface area contributed by atoms with Gasteiger partial charge in [-0.2, -0.15) is 10.5 Å². The van der Waals surface area contributed by atoms with E-state index in [1.807, 2.05) is 42.3 Å². The van der Waals surface area contributed by atoms with Crippen LogP contribution in [0, 0.1) is 17.8 Å². The Balaban J connectivity index is 1.46. The van der Waals surface area contributed by atoms with Crippen LogP contribution < -0.4 is 10.4 Å². The summed E-state index contributed by atoms with van der Waals surface area (Å²) in [6.45, 7) is 4.02. The van der Waals surface area contributed by atoms with E-state index in [1.54, 1.807) is 12.1 Å². The molecule has 2 aromatic carbocycles. The second-order valence-electron chi connectivity index (χ2n) is 9.86. The largest absolute Gasteiger partial charge is 0.312 e. The van der Waals surface area contributed by atoms with E-state index in [0.717, 1.165) is 18.7 Å². The van der Waals surface area contributed by atoms with Crippen LogP contribution in [0.1, 0.15) is 37.8 Å².